The minimum Gasteiger partial charge on any atom is -0.477 e. The van der Waals surface area contributed by atoms with Crippen LogP contribution in [0, 0.1) is 0 Å². The minimum absolute atomic E-state index is 0.0525. The standard InChI is InChI=1S/C16H8BrNO5S/c17-7-1-3-12-8(5-7)14-13(24(12,22)23)4-2-9-15(14)11(19)6-10(18-9)16(20)21/h1-6H,(H,18,19)(H,20,21). The summed E-state index contributed by atoms with van der Waals surface area (Å²) in [6.45, 7) is 0. The summed E-state index contributed by atoms with van der Waals surface area (Å²) < 4.78 is 26.1. The number of aromatic nitrogens is 1. The van der Waals surface area contributed by atoms with E-state index in [1.807, 2.05) is 0 Å². The van der Waals surface area contributed by atoms with Gasteiger partial charge in [-0.3, -0.25) is 4.79 Å². The Hall–Kier alpha value is -2.45. The number of H-pyrrole nitrogens is 1. The third kappa shape index (κ3) is 1.90. The predicted octanol–water partition coefficient (Wildman–Crippen LogP) is 2.80. The molecule has 24 heavy (non-hydrogen) atoms. The lowest BCUT2D eigenvalue weighted by Gasteiger charge is -2.06. The van der Waals surface area contributed by atoms with Crippen molar-refractivity contribution in [3.63, 3.8) is 0 Å². The molecule has 0 bridgehead atoms. The number of carbonyl (C=O) groups is 1. The summed E-state index contributed by atoms with van der Waals surface area (Å²) in [4.78, 5) is 26.4. The van der Waals surface area contributed by atoms with Crippen LogP contribution >= 0.6 is 15.9 Å². The summed E-state index contributed by atoms with van der Waals surface area (Å²) in [5.74, 6) is -1.26. The number of hydrogen-bond donors (Lipinski definition) is 2. The Morgan fingerprint density at radius 1 is 1.08 bits per heavy atom. The number of hydrogen-bond acceptors (Lipinski definition) is 4. The molecule has 0 amide bonds. The molecule has 0 unspecified atom stereocenters. The molecule has 0 fully saturated rings. The number of rotatable bonds is 1. The lowest BCUT2D eigenvalue weighted by molar-refractivity contribution is 0.0691. The van der Waals surface area contributed by atoms with E-state index < -0.39 is 21.2 Å². The van der Waals surface area contributed by atoms with E-state index >= 15 is 0 Å². The first-order chi connectivity index (χ1) is 11.3. The Bertz CT molecular complexity index is 1230. The second-order valence-electron chi connectivity index (χ2n) is 5.36. The van der Waals surface area contributed by atoms with Crippen LogP contribution in [0.2, 0.25) is 0 Å². The normalized spacial score (nSPS) is 14.4. The van der Waals surface area contributed by atoms with Crippen LogP contribution < -0.4 is 5.43 Å². The number of aromatic amines is 1. The summed E-state index contributed by atoms with van der Waals surface area (Å²) in [5.41, 5.74) is 0.228. The molecule has 0 aliphatic carbocycles. The van der Waals surface area contributed by atoms with Gasteiger partial charge in [0.1, 0.15) is 5.69 Å². The Morgan fingerprint density at radius 2 is 1.79 bits per heavy atom. The maximum atomic E-state index is 12.7. The first-order valence-corrected chi connectivity index (χ1v) is 9.06. The van der Waals surface area contributed by atoms with Crippen molar-refractivity contribution in [2.45, 2.75) is 9.79 Å². The number of fused-ring (bicyclic) bond motifs is 5. The Kier molecular flexibility index (Phi) is 3.01. The topological polar surface area (TPSA) is 104 Å². The van der Waals surface area contributed by atoms with Crippen molar-refractivity contribution in [1.82, 2.24) is 4.98 Å². The second kappa shape index (κ2) is 4.78. The highest BCUT2D eigenvalue weighted by atomic mass is 79.9. The molecule has 120 valence electrons. The van der Waals surface area contributed by atoms with Gasteiger partial charge in [-0.2, -0.15) is 0 Å². The molecule has 0 spiro atoms. The van der Waals surface area contributed by atoms with Crippen molar-refractivity contribution in [3.05, 3.63) is 56.8 Å². The summed E-state index contributed by atoms with van der Waals surface area (Å²) in [5, 5.41) is 9.23. The average molecular weight is 406 g/mol. The van der Waals surface area contributed by atoms with Crippen LogP contribution in [0.15, 0.2) is 55.5 Å². The molecule has 0 saturated heterocycles. The van der Waals surface area contributed by atoms with E-state index in [1.165, 1.54) is 18.2 Å². The van der Waals surface area contributed by atoms with E-state index in [0.717, 1.165) is 6.07 Å². The number of nitrogens with one attached hydrogen (secondary N) is 1. The molecular formula is C16H8BrNO5S. The number of pyridine rings is 1. The Morgan fingerprint density at radius 3 is 2.50 bits per heavy atom. The molecule has 2 N–H and O–H groups in total. The molecule has 1 aliphatic rings. The minimum atomic E-state index is -3.71. The fourth-order valence-electron chi connectivity index (χ4n) is 2.98. The number of carboxylic acid groups (broad SMARTS) is 1. The largest absolute Gasteiger partial charge is 0.477 e. The number of sulfone groups is 1. The first kappa shape index (κ1) is 15.1. The number of benzene rings is 2. The summed E-state index contributed by atoms with van der Waals surface area (Å²) in [6.07, 6.45) is 0. The molecule has 4 rings (SSSR count). The lowest BCUT2D eigenvalue weighted by Crippen LogP contribution is -2.10. The van der Waals surface area contributed by atoms with Crippen molar-refractivity contribution >= 4 is 42.6 Å². The molecule has 0 saturated carbocycles. The fourth-order valence-corrected chi connectivity index (χ4v) is 5.01. The van der Waals surface area contributed by atoms with Gasteiger partial charge in [-0.25, -0.2) is 13.2 Å². The van der Waals surface area contributed by atoms with Gasteiger partial charge in [-0.1, -0.05) is 15.9 Å². The van der Waals surface area contributed by atoms with Gasteiger partial charge in [0.25, 0.3) is 0 Å². The number of carboxylic acids is 1. The van der Waals surface area contributed by atoms with Crippen LogP contribution in [0.3, 0.4) is 0 Å². The van der Waals surface area contributed by atoms with Gasteiger partial charge in [-0.15, -0.1) is 0 Å². The highest BCUT2D eigenvalue weighted by Crippen LogP contribution is 2.46. The number of aromatic carboxylic acids is 1. The van der Waals surface area contributed by atoms with Crippen LogP contribution in [0.4, 0.5) is 0 Å². The van der Waals surface area contributed by atoms with Gasteiger partial charge < -0.3 is 10.1 Å². The molecule has 0 radical (unpaired) electrons. The van der Waals surface area contributed by atoms with Crippen molar-refractivity contribution in [3.8, 4) is 11.1 Å². The SMILES string of the molecule is O=C(O)c1cc(=O)c2c3c(ccc2[nH]1)S(=O)(=O)c1ccc(Br)cc1-3. The maximum Gasteiger partial charge on any atom is 0.352 e. The number of halogens is 1. The van der Waals surface area contributed by atoms with Crippen molar-refractivity contribution < 1.29 is 18.3 Å². The van der Waals surface area contributed by atoms with Gasteiger partial charge in [0.2, 0.25) is 9.84 Å². The van der Waals surface area contributed by atoms with Gasteiger partial charge in [0.15, 0.2) is 5.43 Å². The third-order valence-electron chi connectivity index (χ3n) is 3.98. The quantitative estimate of drug-likeness (QED) is 0.506. The summed E-state index contributed by atoms with van der Waals surface area (Å²) in [7, 11) is -3.71. The lowest BCUT2D eigenvalue weighted by atomic mass is 10.00. The van der Waals surface area contributed by atoms with Gasteiger partial charge in [0.05, 0.1) is 20.7 Å². The molecule has 2 aromatic carbocycles. The van der Waals surface area contributed by atoms with E-state index in [9.17, 15) is 18.0 Å². The average Bonchev–Trinajstić information content (AvgIpc) is 2.74. The molecule has 1 aromatic heterocycles. The zero-order chi connectivity index (χ0) is 17.2. The highest BCUT2D eigenvalue weighted by Gasteiger charge is 2.35. The van der Waals surface area contributed by atoms with Crippen molar-refractivity contribution in [2.75, 3.05) is 0 Å². The monoisotopic (exact) mass is 405 g/mol. The maximum absolute atomic E-state index is 12.7. The third-order valence-corrected chi connectivity index (χ3v) is 6.33. The van der Waals surface area contributed by atoms with Crippen LogP contribution in [0.5, 0.6) is 0 Å². The molecule has 0 atom stereocenters. The van der Waals surface area contributed by atoms with Crippen LogP contribution in [0.25, 0.3) is 22.0 Å². The van der Waals surface area contributed by atoms with E-state index in [-0.39, 0.29) is 26.4 Å². The van der Waals surface area contributed by atoms with Gasteiger partial charge in [0, 0.05) is 21.7 Å². The Balaban J connectivity index is 2.23. The molecule has 1 aliphatic heterocycles. The van der Waals surface area contributed by atoms with Crippen LogP contribution in [-0.4, -0.2) is 24.5 Å². The molecule has 2 heterocycles. The molecule has 6 nitrogen and oxygen atoms in total. The van der Waals surface area contributed by atoms with Crippen molar-refractivity contribution in [1.29, 1.82) is 0 Å². The van der Waals surface area contributed by atoms with Crippen LogP contribution in [-0.2, 0) is 9.84 Å². The smallest absolute Gasteiger partial charge is 0.352 e. The molecular weight excluding hydrogens is 398 g/mol. The van der Waals surface area contributed by atoms with E-state index in [2.05, 4.69) is 20.9 Å². The predicted molar refractivity (Wildman–Crippen MR) is 90.1 cm³/mol. The second-order valence-corrected chi connectivity index (χ2v) is 8.16. The van der Waals surface area contributed by atoms with Crippen molar-refractivity contribution in [2.24, 2.45) is 0 Å². The summed E-state index contributed by atoms with van der Waals surface area (Å²) in [6, 6.07) is 8.52. The van der Waals surface area contributed by atoms with E-state index in [1.54, 1.807) is 12.1 Å². The zero-order valence-corrected chi connectivity index (χ0v) is 14.2. The highest BCUT2D eigenvalue weighted by molar-refractivity contribution is 9.10. The van der Waals surface area contributed by atoms with Gasteiger partial charge >= 0.3 is 5.97 Å². The molecule has 8 heteroatoms. The zero-order valence-electron chi connectivity index (χ0n) is 11.8. The first-order valence-electron chi connectivity index (χ1n) is 6.79. The Labute approximate surface area is 143 Å². The molecule has 3 aromatic rings. The van der Waals surface area contributed by atoms with E-state index in [4.69, 9.17) is 5.11 Å². The van der Waals surface area contributed by atoms with Crippen LogP contribution in [0.1, 0.15) is 10.5 Å². The summed E-state index contributed by atoms with van der Waals surface area (Å²) >= 11 is 3.31. The van der Waals surface area contributed by atoms with Gasteiger partial charge in [-0.05, 0) is 30.3 Å². The van der Waals surface area contributed by atoms with E-state index in [0.29, 0.717) is 15.6 Å². The fraction of sp³-hybridized carbons (Fsp3) is 0.